The Hall–Kier alpha value is -1.15. The Morgan fingerprint density at radius 1 is 1.16 bits per heavy atom. The lowest BCUT2D eigenvalue weighted by atomic mass is 9.97. The highest BCUT2D eigenvalue weighted by molar-refractivity contribution is 9.09. The maximum atomic E-state index is 4.58. The highest BCUT2D eigenvalue weighted by atomic mass is 79.9. The van der Waals surface area contributed by atoms with Crippen LogP contribution >= 0.6 is 15.9 Å². The summed E-state index contributed by atoms with van der Waals surface area (Å²) >= 11 is 3.81. The second-order valence-corrected chi connectivity index (χ2v) is 6.34. The first-order valence-electron chi connectivity index (χ1n) is 6.97. The number of rotatable bonds is 4. The van der Waals surface area contributed by atoms with Crippen LogP contribution in [-0.4, -0.2) is 4.98 Å². The van der Waals surface area contributed by atoms with Crippen LogP contribution in [0.5, 0.6) is 0 Å². The highest BCUT2D eigenvalue weighted by Gasteiger charge is 2.24. The lowest BCUT2D eigenvalue weighted by molar-refractivity contribution is 0.575. The molecule has 1 aliphatic carbocycles. The standard InChI is InChI=1S/C17H18BrN/c18-16(13-5-2-1-3-6-13)11-10-15-9-8-14-7-4-12-19-17(14)15/h1-7,12,15-16H,8-11H2. The van der Waals surface area contributed by atoms with Gasteiger partial charge in [-0.05, 0) is 42.9 Å². The first-order chi connectivity index (χ1) is 9.34. The molecule has 19 heavy (non-hydrogen) atoms. The number of halogens is 1. The van der Waals surface area contributed by atoms with Crippen molar-refractivity contribution in [2.75, 3.05) is 0 Å². The van der Waals surface area contributed by atoms with Crippen molar-refractivity contribution in [2.45, 2.75) is 36.4 Å². The van der Waals surface area contributed by atoms with Gasteiger partial charge in [-0.2, -0.15) is 0 Å². The van der Waals surface area contributed by atoms with Crippen molar-refractivity contribution < 1.29 is 0 Å². The molecule has 1 aromatic carbocycles. The summed E-state index contributed by atoms with van der Waals surface area (Å²) in [6, 6.07) is 15.0. The van der Waals surface area contributed by atoms with Gasteiger partial charge in [0.1, 0.15) is 0 Å². The van der Waals surface area contributed by atoms with Crippen LogP contribution in [0.25, 0.3) is 0 Å². The summed E-state index contributed by atoms with van der Waals surface area (Å²) in [6.07, 6.45) is 6.78. The van der Waals surface area contributed by atoms with Crippen LogP contribution in [0.1, 0.15) is 46.8 Å². The number of nitrogens with zero attached hydrogens (tertiary/aromatic N) is 1. The van der Waals surface area contributed by atoms with Crippen LogP contribution in [0.4, 0.5) is 0 Å². The second-order valence-electron chi connectivity index (χ2n) is 5.24. The number of fused-ring (bicyclic) bond motifs is 1. The molecule has 0 aliphatic heterocycles. The zero-order valence-electron chi connectivity index (χ0n) is 10.9. The largest absolute Gasteiger partial charge is 0.261 e. The summed E-state index contributed by atoms with van der Waals surface area (Å²) in [7, 11) is 0. The van der Waals surface area contributed by atoms with Crippen molar-refractivity contribution in [1.82, 2.24) is 4.98 Å². The van der Waals surface area contributed by atoms with E-state index in [0.717, 1.165) is 0 Å². The summed E-state index contributed by atoms with van der Waals surface area (Å²) in [6.45, 7) is 0. The first kappa shape index (κ1) is 12.9. The van der Waals surface area contributed by atoms with Crippen LogP contribution in [0, 0.1) is 0 Å². The number of benzene rings is 1. The third-order valence-electron chi connectivity index (χ3n) is 4.00. The molecular weight excluding hydrogens is 298 g/mol. The molecule has 3 rings (SSSR count). The molecule has 0 fully saturated rings. The van der Waals surface area contributed by atoms with Crippen molar-refractivity contribution in [1.29, 1.82) is 0 Å². The van der Waals surface area contributed by atoms with E-state index in [4.69, 9.17) is 0 Å². The Labute approximate surface area is 123 Å². The number of hydrogen-bond acceptors (Lipinski definition) is 1. The van der Waals surface area contributed by atoms with Gasteiger partial charge in [0, 0.05) is 22.6 Å². The Kier molecular flexibility index (Phi) is 3.97. The van der Waals surface area contributed by atoms with Gasteiger partial charge in [0.05, 0.1) is 0 Å². The van der Waals surface area contributed by atoms with Crippen molar-refractivity contribution in [3.8, 4) is 0 Å². The van der Waals surface area contributed by atoms with E-state index in [2.05, 4.69) is 63.4 Å². The van der Waals surface area contributed by atoms with Gasteiger partial charge >= 0.3 is 0 Å². The molecule has 2 atom stereocenters. The minimum atomic E-state index is 0.460. The molecule has 0 bridgehead atoms. The van der Waals surface area contributed by atoms with Gasteiger partial charge in [0.15, 0.2) is 0 Å². The number of aryl methyl sites for hydroxylation is 1. The summed E-state index contributed by atoms with van der Waals surface area (Å²) in [5.74, 6) is 0.653. The van der Waals surface area contributed by atoms with E-state index < -0.39 is 0 Å². The van der Waals surface area contributed by atoms with E-state index in [1.54, 1.807) is 0 Å². The van der Waals surface area contributed by atoms with Gasteiger partial charge in [-0.1, -0.05) is 52.3 Å². The Bertz CT molecular complexity index is 538. The number of hydrogen-bond donors (Lipinski definition) is 0. The highest BCUT2D eigenvalue weighted by Crippen LogP contribution is 2.38. The normalized spacial score (nSPS) is 19.1. The van der Waals surface area contributed by atoms with Crippen LogP contribution < -0.4 is 0 Å². The fourth-order valence-corrected chi connectivity index (χ4v) is 3.52. The summed E-state index contributed by atoms with van der Waals surface area (Å²) < 4.78 is 0. The molecule has 1 heterocycles. The minimum Gasteiger partial charge on any atom is -0.261 e. The number of aromatic nitrogens is 1. The average molecular weight is 316 g/mol. The van der Waals surface area contributed by atoms with Crippen molar-refractivity contribution in [3.05, 3.63) is 65.5 Å². The molecule has 0 radical (unpaired) electrons. The quantitative estimate of drug-likeness (QED) is 0.721. The van der Waals surface area contributed by atoms with Gasteiger partial charge in [-0.25, -0.2) is 0 Å². The molecule has 0 amide bonds. The first-order valence-corrected chi connectivity index (χ1v) is 7.89. The SMILES string of the molecule is BrC(CCC1CCc2cccnc21)c1ccccc1. The molecule has 2 aromatic rings. The topological polar surface area (TPSA) is 12.9 Å². The van der Waals surface area contributed by atoms with Gasteiger partial charge in [-0.15, -0.1) is 0 Å². The van der Waals surface area contributed by atoms with E-state index in [-0.39, 0.29) is 0 Å². The second kappa shape index (κ2) is 5.87. The zero-order valence-corrected chi connectivity index (χ0v) is 12.5. The molecule has 98 valence electrons. The molecule has 0 spiro atoms. The summed E-state index contributed by atoms with van der Waals surface area (Å²) in [4.78, 5) is 5.04. The molecule has 1 nitrogen and oxygen atoms in total. The molecular formula is C17H18BrN. The Balaban J connectivity index is 1.62. The van der Waals surface area contributed by atoms with Crippen LogP contribution in [-0.2, 0) is 6.42 Å². The number of alkyl halides is 1. The third kappa shape index (κ3) is 2.89. The Morgan fingerprint density at radius 2 is 2.00 bits per heavy atom. The maximum Gasteiger partial charge on any atom is 0.0466 e. The van der Waals surface area contributed by atoms with Crippen LogP contribution in [0.2, 0.25) is 0 Å². The van der Waals surface area contributed by atoms with E-state index in [1.807, 2.05) is 6.20 Å². The lowest BCUT2D eigenvalue weighted by Crippen LogP contribution is -1.99. The van der Waals surface area contributed by atoms with Crippen molar-refractivity contribution >= 4 is 15.9 Å². The average Bonchev–Trinajstić information content (AvgIpc) is 2.89. The van der Waals surface area contributed by atoms with Crippen molar-refractivity contribution in [3.63, 3.8) is 0 Å². The van der Waals surface area contributed by atoms with E-state index in [0.29, 0.717) is 10.7 Å². The van der Waals surface area contributed by atoms with E-state index >= 15 is 0 Å². The van der Waals surface area contributed by atoms with Crippen LogP contribution in [0.3, 0.4) is 0 Å². The fourth-order valence-electron chi connectivity index (χ4n) is 2.95. The van der Waals surface area contributed by atoms with Crippen LogP contribution in [0.15, 0.2) is 48.7 Å². The van der Waals surface area contributed by atoms with Gasteiger partial charge < -0.3 is 0 Å². The molecule has 1 aliphatic rings. The molecule has 0 saturated heterocycles. The predicted molar refractivity (Wildman–Crippen MR) is 82.6 cm³/mol. The Morgan fingerprint density at radius 3 is 2.84 bits per heavy atom. The molecule has 0 N–H and O–H groups in total. The van der Waals surface area contributed by atoms with E-state index in [9.17, 15) is 0 Å². The van der Waals surface area contributed by atoms with E-state index in [1.165, 1.54) is 42.5 Å². The number of pyridine rings is 1. The summed E-state index contributed by atoms with van der Waals surface area (Å²) in [5.41, 5.74) is 4.18. The molecule has 0 saturated carbocycles. The summed E-state index contributed by atoms with van der Waals surface area (Å²) in [5, 5.41) is 0. The van der Waals surface area contributed by atoms with Gasteiger partial charge in [0.2, 0.25) is 0 Å². The lowest BCUT2D eigenvalue weighted by Gasteiger charge is -2.14. The smallest absolute Gasteiger partial charge is 0.0466 e. The maximum absolute atomic E-state index is 4.58. The van der Waals surface area contributed by atoms with Crippen molar-refractivity contribution in [2.24, 2.45) is 0 Å². The molecule has 2 heteroatoms. The van der Waals surface area contributed by atoms with Gasteiger partial charge in [-0.3, -0.25) is 4.98 Å². The monoisotopic (exact) mass is 315 g/mol. The molecule has 2 unspecified atom stereocenters. The third-order valence-corrected chi connectivity index (χ3v) is 4.99. The zero-order chi connectivity index (χ0) is 13.1. The minimum absolute atomic E-state index is 0.460. The predicted octanol–water partition coefficient (Wildman–Crippen LogP) is 5.03. The molecule has 1 aromatic heterocycles. The fraction of sp³-hybridized carbons (Fsp3) is 0.353. The van der Waals surface area contributed by atoms with Gasteiger partial charge in [0.25, 0.3) is 0 Å².